The van der Waals surface area contributed by atoms with E-state index in [0.29, 0.717) is 0 Å². The molecule has 1 aliphatic heterocycles. The number of benzene rings is 1. The molecule has 3 nitrogen and oxygen atoms in total. The molecule has 0 spiro atoms. The Balaban J connectivity index is 2.38. The third-order valence-corrected chi connectivity index (χ3v) is 4.49. The summed E-state index contributed by atoms with van der Waals surface area (Å²) in [7, 11) is 3.75. The van der Waals surface area contributed by atoms with Crippen molar-refractivity contribution in [1.82, 2.24) is 5.32 Å². The highest BCUT2D eigenvalue weighted by atomic mass is 16.5. The van der Waals surface area contributed by atoms with E-state index in [9.17, 15) is 0 Å². The highest BCUT2D eigenvalue weighted by Gasteiger charge is 2.37. The van der Waals surface area contributed by atoms with Crippen LogP contribution >= 0.6 is 0 Å². The molecule has 1 heterocycles. The van der Waals surface area contributed by atoms with Gasteiger partial charge in [0.1, 0.15) is 5.75 Å². The van der Waals surface area contributed by atoms with E-state index < -0.39 is 0 Å². The molecular weight excluding hydrogens is 250 g/mol. The van der Waals surface area contributed by atoms with Crippen LogP contribution in [0.25, 0.3) is 0 Å². The molecule has 0 saturated carbocycles. The Bertz CT molecular complexity index is 464. The average molecular weight is 277 g/mol. The second kappa shape index (κ2) is 6.15. The van der Waals surface area contributed by atoms with Gasteiger partial charge in [0.15, 0.2) is 0 Å². The molecule has 0 aliphatic carbocycles. The van der Waals surface area contributed by atoms with Gasteiger partial charge in [0.05, 0.1) is 18.8 Å². The van der Waals surface area contributed by atoms with Crippen LogP contribution in [0.4, 0.5) is 0 Å². The van der Waals surface area contributed by atoms with Crippen LogP contribution in [0.3, 0.4) is 0 Å². The minimum Gasteiger partial charge on any atom is -0.496 e. The molecule has 0 bridgehead atoms. The molecule has 1 aromatic rings. The summed E-state index contributed by atoms with van der Waals surface area (Å²) in [6.07, 6.45) is 3.51. The molecule has 1 N–H and O–H groups in total. The van der Waals surface area contributed by atoms with Crippen LogP contribution in [0, 0.1) is 13.8 Å². The zero-order valence-electron chi connectivity index (χ0n) is 13.4. The smallest absolute Gasteiger partial charge is 0.122 e. The van der Waals surface area contributed by atoms with Crippen LogP contribution in [-0.2, 0) is 4.74 Å². The lowest BCUT2D eigenvalue weighted by Gasteiger charge is -2.41. The molecule has 1 aliphatic rings. The maximum Gasteiger partial charge on any atom is 0.122 e. The Morgan fingerprint density at radius 1 is 1.25 bits per heavy atom. The van der Waals surface area contributed by atoms with Crippen molar-refractivity contribution in [2.75, 3.05) is 20.8 Å². The standard InChI is InChI=1S/C17H27NO2/c1-12-11-15(19-5)13(2)10-14(12)16(18-4)17(3)8-6-7-9-20-17/h10-11,16,18H,6-9H2,1-5H3. The molecule has 1 fully saturated rings. The fraction of sp³-hybridized carbons (Fsp3) is 0.647. The van der Waals surface area contributed by atoms with Gasteiger partial charge in [-0.1, -0.05) is 6.07 Å². The average Bonchev–Trinajstić information content (AvgIpc) is 2.43. The summed E-state index contributed by atoms with van der Waals surface area (Å²) < 4.78 is 11.5. The van der Waals surface area contributed by atoms with E-state index in [1.165, 1.54) is 29.5 Å². The van der Waals surface area contributed by atoms with Crippen LogP contribution in [0.2, 0.25) is 0 Å². The van der Waals surface area contributed by atoms with Gasteiger partial charge in [0.2, 0.25) is 0 Å². The highest BCUT2D eigenvalue weighted by molar-refractivity contribution is 5.43. The van der Waals surface area contributed by atoms with Gasteiger partial charge in [0, 0.05) is 6.61 Å². The van der Waals surface area contributed by atoms with E-state index in [1.54, 1.807) is 7.11 Å². The van der Waals surface area contributed by atoms with E-state index in [1.807, 2.05) is 7.05 Å². The zero-order valence-corrected chi connectivity index (χ0v) is 13.4. The quantitative estimate of drug-likeness (QED) is 0.913. The van der Waals surface area contributed by atoms with E-state index in [0.717, 1.165) is 18.8 Å². The second-order valence-electron chi connectivity index (χ2n) is 6.02. The lowest BCUT2D eigenvalue weighted by molar-refractivity contribution is -0.0885. The third-order valence-electron chi connectivity index (χ3n) is 4.49. The van der Waals surface area contributed by atoms with Crippen LogP contribution < -0.4 is 10.1 Å². The minimum atomic E-state index is -0.126. The van der Waals surface area contributed by atoms with Gasteiger partial charge in [0.25, 0.3) is 0 Å². The molecule has 3 heteroatoms. The number of likely N-dealkylation sites (N-methyl/N-ethyl adjacent to an activating group) is 1. The molecule has 20 heavy (non-hydrogen) atoms. The number of methoxy groups -OCH3 is 1. The van der Waals surface area contributed by atoms with Crippen LogP contribution in [0.15, 0.2) is 12.1 Å². The summed E-state index contributed by atoms with van der Waals surface area (Å²) in [5, 5.41) is 3.47. The summed E-state index contributed by atoms with van der Waals surface area (Å²) in [5.41, 5.74) is 3.61. The van der Waals surface area contributed by atoms with Gasteiger partial charge >= 0.3 is 0 Å². The summed E-state index contributed by atoms with van der Waals surface area (Å²) in [6, 6.07) is 4.58. The summed E-state index contributed by atoms with van der Waals surface area (Å²) in [4.78, 5) is 0. The van der Waals surface area contributed by atoms with E-state index in [2.05, 4.69) is 38.2 Å². The molecule has 112 valence electrons. The first-order valence-electron chi connectivity index (χ1n) is 7.48. The normalized spacial score (nSPS) is 24.4. The van der Waals surface area contributed by atoms with Gasteiger partial charge in [-0.15, -0.1) is 0 Å². The van der Waals surface area contributed by atoms with E-state index in [4.69, 9.17) is 9.47 Å². The van der Waals surface area contributed by atoms with Gasteiger partial charge in [-0.3, -0.25) is 0 Å². The van der Waals surface area contributed by atoms with Gasteiger partial charge in [-0.2, -0.15) is 0 Å². The summed E-state index contributed by atoms with van der Waals surface area (Å²) in [6.45, 7) is 7.33. The topological polar surface area (TPSA) is 30.5 Å². The number of rotatable bonds is 4. The molecule has 2 rings (SSSR count). The molecule has 0 aromatic heterocycles. The van der Waals surface area contributed by atoms with E-state index >= 15 is 0 Å². The number of aryl methyl sites for hydroxylation is 2. The lowest BCUT2D eigenvalue weighted by Crippen LogP contribution is -2.45. The maximum atomic E-state index is 6.13. The summed E-state index contributed by atoms with van der Waals surface area (Å²) >= 11 is 0. The van der Waals surface area contributed by atoms with Gasteiger partial charge < -0.3 is 14.8 Å². The Morgan fingerprint density at radius 2 is 2.00 bits per heavy atom. The molecule has 1 saturated heterocycles. The molecule has 2 atom stereocenters. The van der Waals surface area contributed by atoms with Gasteiger partial charge in [-0.25, -0.2) is 0 Å². The number of hydrogen-bond donors (Lipinski definition) is 1. The van der Waals surface area contributed by atoms with Crippen molar-refractivity contribution in [3.05, 3.63) is 28.8 Å². The largest absolute Gasteiger partial charge is 0.496 e. The maximum absolute atomic E-state index is 6.13. The van der Waals surface area contributed by atoms with Crippen LogP contribution in [0.5, 0.6) is 5.75 Å². The zero-order chi connectivity index (χ0) is 14.8. The van der Waals surface area contributed by atoms with Gasteiger partial charge in [-0.05, 0) is 69.8 Å². The molecular formula is C17H27NO2. The first-order chi connectivity index (χ1) is 9.51. The molecule has 2 unspecified atom stereocenters. The predicted octanol–water partition coefficient (Wildman–Crippen LogP) is 3.53. The summed E-state index contributed by atoms with van der Waals surface area (Å²) in [5.74, 6) is 0.954. The first kappa shape index (κ1) is 15.3. The fourth-order valence-corrected chi connectivity index (χ4v) is 3.32. The van der Waals surface area contributed by atoms with Crippen molar-refractivity contribution < 1.29 is 9.47 Å². The number of hydrogen-bond acceptors (Lipinski definition) is 3. The highest BCUT2D eigenvalue weighted by Crippen LogP contribution is 2.39. The third kappa shape index (κ3) is 2.84. The van der Waals surface area contributed by atoms with Crippen molar-refractivity contribution >= 4 is 0 Å². The van der Waals surface area contributed by atoms with Crippen molar-refractivity contribution in [1.29, 1.82) is 0 Å². The fourth-order valence-electron chi connectivity index (χ4n) is 3.32. The number of nitrogens with one attached hydrogen (secondary N) is 1. The van der Waals surface area contributed by atoms with Crippen molar-refractivity contribution in [2.24, 2.45) is 0 Å². The molecule has 1 aromatic carbocycles. The van der Waals surface area contributed by atoms with Crippen LogP contribution in [0.1, 0.15) is 48.9 Å². The van der Waals surface area contributed by atoms with Crippen molar-refractivity contribution in [2.45, 2.75) is 51.7 Å². The Labute approximate surface area is 122 Å². The first-order valence-corrected chi connectivity index (χ1v) is 7.48. The monoisotopic (exact) mass is 277 g/mol. The van der Waals surface area contributed by atoms with E-state index in [-0.39, 0.29) is 11.6 Å². The number of ether oxygens (including phenoxy) is 2. The van der Waals surface area contributed by atoms with Crippen LogP contribution in [-0.4, -0.2) is 26.4 Å². The predicted molar refractivity (Wildman–Crippen MR) is 82.5 cm³/mol. The molecule has 0 radical (unpaired) electrons. The molecule has 0 amide bonds. The second-order valence-corrected chi connectivity index (χ2v) is 6.02. The Morgan fingerprint density at radius 3 is 2.55 bits per heavy atom. The Kier molecular flexibility index (Phi) is 4.71. The van der Waals surface area contributed by atoms with Crippen molar-refractivity contribution in [3.8, 4) is 5.75 Å². The lowest BCUT2D eigenvalue weighted by atomic mass is 9.82. The van der Waals surface area contributed by atoms with Crippen molar-refractivity contribution in [3.63, 3.8) is 0 Å². The minimum absolute atomic E-state index is 0.126. The Hall–Kier alpha value is -1.06. The SMILES string of the molecule is CNC(c1cc(C)c(OC)cc1C)C1(C)CCCCO1.